The molecule has 90 valence electrons. The van der Waals surface area contributed by atoms with E-state index in [0.717, 1.165) is 0 Å². The molecule has 0 aliphatic rings. The van der Waals surface area contributed by atoms with Crippen molar-refractivity contribution in [2.24, 2.45) is 17.9 Å². The van der Waals surface area contributed by atoms with E-state index in [1.807, 2.05) is 0 Å². The zero-order valence-corrected chi connectivity index (χ0v) is 9.69. The maximum Gasteiger partial charge on any atom is 0.233 e. The molecule has 0 saturated heterocycles. The summed E-state index contributed by atoms with van der Waals surface area (Å²) in [5.74, 6) is -0.118. The fraction of sp³-hybridized carbons (Fsp3) is 0.429. The fourth-order valence-corrected chi connectivity index (χ4v) is 1.70. The third-order valence-electron chi connectivity index (χ3n) is 1.95. The van der Waals surface area contributed by atoms with Gasteiger partial charge < -0.3 is 10.9 Å². The number of nitrogens with two attached hydrogens (primary N) is 1. The molecule has 0 atom stereocenters. The number of amidine groups is 1. The molecule has 0 aliphatic heterocycles. The van der Waals surface area contributed by atoms with Gasteiger partial charge in [-0.3, -0.25) is 9.40 Å². The third kappa shape index (κ3) is 2.42. The van der Waals surface area contributed by atoms with Gasteiger partial charge in [0.25, 0.3) is 0 Å². The second-order valence-corrected chi connectivity index (χ2v) is 5.03. The summed E-state index contributed by atoms with van der Waals surface area (Å²) in [7, 11) is -1.89. The van der Waals surface area contributed by atoms with Gasteiger partial charge in [-0.15, -0.1) is 0 Å². The first-order valence-corrected chi connectivity index (χ1v) is 6.07. The predicted octanol–water partition coefficient (Wildman–Crippen LogP) is -0.724. The summed E-state index contributed by atoms with van der Waals surface area (Å²) in [4.78, 5) is 0. The third-order valence-corrected chi connectivity index (χ3v) is 3.22. The number of hydrogen-bond donors (Lipinski definition) is 3. The number of aromatic nitrogens is 2. The van der Waals surface area contributed by atoms with Gasteiger partial charge >= 0.3 is 0 Å². The van der Waals surface area contributed by atoms with Gasteiger partial charge in [0.2, 0.25) is 10.0 Å². The summed E-state index contributed by atoms with van der Waals surface area (Å²) >= 11 is 0. The van der Waals surface area contributed by atoms with E-state index >= 15 is 0 Å². The first kappa shape index (κ1) is 12.3. The Morgan fingerprint density at radius 3 is 2.88 bits per heavy atom. The fourth-order valence-electron chi connectivity index (χ4n) is 1.02. The van der Waals surface area contributed by atoms with Gasteiger partial charge in [-0.1, -0.05) is 5.16 Å². The van der Waals surface area contributed by atoms with E-state index in [0.29, 0.717) is 0 Å². The van der Waals surface area contributed by atoms with Crippen LogP contribution in [0, 0.1) is 0 Å². The number of aryl methyl sites for hydroxylation is 1. The Kier molecular flexibility index (Phi) is 3.38. The monoisotopic (exact) mass is 247 g/mol. The lowest BCUT2D eigenvalue weighted by atomic mass is 10.3. The average molecular weight is 247 g/mol. The molecule has 1 aromatic heterocycles. The van der Waals surface area contributed by atoms with Crippen molar-refractivity contribution in [2.45, 2.75) is 6.92 Å². The molecule has 0 saturated carbocycles. The van der Waals surface area contributed by atoms with E-state index in [4.69, 9.17) is 10.9 Å². The van der Waals surface area contributed by atoms with Crippen molar-refractivity contribution >= 4 is 21.7 Å². The molecule has 0 aliphatic carbocycles. The molecule has 8 nitrogen and oxygen atoms in total. The molecule has 1 rings (SSSR count). The molecule has 16 heavy (non-hydrogen) atoms. The van der Waals surface area contributed by atoms with Crippen molar-refractivity contribution in [2.75, 3.05) is 10.5 Å². The van der Waals surface area contributed by atoms with E-state index < -0.39 is 10.0 Å². The lowest BCUT2D eigenvalue weighted by Crippen LogP contribution is -2.21. The van der Waals surface area contributed by atoms with Gasteiger partial charge in [0.05, 0.1) is 17.5 Å². The Hall–Kier alpha value is -1.77. The van der Waals surface area contributed by atoms with Crippen molar-refractivity contribution in [1.82, 2.24) is 9.78 Å². The molecule has 0 unspecified atom stereocenters. The molecule has 0 spiro atoms. The largest absolute Gasteiger partial charge is 0.409 e. The molecule has 0 amide bonds. The van der Waals surface area contributed by atoms with E-state index in [1.165, 1.54) is 17.8 Å². The Morgan fingerprint density at radius 1 is 1.75 bits per heavy atom. The van der Waals surface area contributed by atoms with Crippen LogP contribution in [-0.2, 0) is 17.1 Å². The highest BCUT2D eigenvalue weighted by Crippen LogP contribution is 2.15. The lowest BCUT2D eigenvalue weighted by molar-refractivity contribution is 0.318. The zero-order chi connectivity index (χ0) is 12.3. The highest BCUT2D eigenvalue weighted by molar-refractivity contribution is 7.92. The van der Waals surface area contributed by atoms with Crippen molar-refractivity contribution in [3.63, 3.8) is 0 Å². The van der Waals surface area contributed by atoms with Gasteiger partial charge in [0.15, 0.2) is 5.84 Å². The van der Waals surface area contributed by atoms with Gasteiger partial charge in [-0.25, -0.2) is 8.42 Å². The van der Waals surface area contributed by atoms with Crippen LogP contribution in [0.15, 0.2) is 11.4 Å². The van der Waals surface area contributed by atoms with E-state index in [2.05, 4.69) is 15.0 Å². The maximum atomic E-state index is 11.4. The molecule has 0 bridgehead atoms. The van der Waals surface area contributed by atoms with Gasteiger partial charge in [0, 0.05) is 7.05 Å². The second-order valence-electron chi connectivity index (χ2n) is 3.02. The van der Waals surface area contributed by atoms with Crippen LogP contribution < -0.4 is 10.5 Å². The van der Waals surface area contributed by atoms with Gasteiger partial charge in [-0.05, 0) is 6.92 Å². The number of nitrogens with zero attached hydrogens (tertiary/aromatic N) is 3. The van der Waals surface area contributed by atoms with E-state index in [9.17, 15) is 8.42 Å². The van der Waals surface area contributed by atoms with Crippen LogP contribution in [0.2, 0.25) is 0 Å². The highest BCUT2D eigenvalue weighted by atomic mass is 32.2. The summed E-state index contributed by atoms with van der Waals surface area (Å²) in [6, 6.07) is 0. The number of rotatable bonds is 4. The van der Waals surface area contributed by atoms with Crippen LogP contribution >= 0.6 is 0 Å². The minimum atomic E-state index is -3.43. The second kappa shape index (κ2) is 4.39. The van der Waals surface area contributed by atoms with E-state index in [-0.39, 0.29) is 23.0 Å². The molecule has 0 fully saturated rings. The summed E-state index contributed by atoms with van der Waals surface area (Å²) in [5, 5.41) is 15.1. The van der Waals surface area contributed by atoms with Crippen molar-refractivity contribution in [1.29, 1.82) is 0 Å². The highest BCUT2D eigenvalue weighted by Gasteiger charge is 2.17. The quantitative estimate of drug-likeness (QED) is 0.280. The van der Waals surface area contributed by atoms with Crippen LogP contribution in [0.25, 0.3) is 0 Å². The van der Waals surface area contributed by atoms with Crippen molar-refractivity contribution < 1.29 is 13.6 Å². The topological polar surface area (TPSA) is 123 Å². The van der Waals surface area contributed by atoms with E-state index in [1.54, 1.807) is 7.05 Å². The summed E-state index contributed by atoms with van der Waals surface area (Å²) in [6.07, 6.45) is 1.31. The SMILES string of the molecule is CCS(=O)(=O)Nc1c(C(N)=NO)cnn1C. The maximum absolute atomic E-state index is 11.4. The van der Waals surface area contributed by atoms with Crippen LogP contribution in [-0.4, -0.2) is 35.0 Å². The Balaban J connectivity index is 3.18. The molecule has 0 aromatic carbocycles. The number of oxime groups is 1. The molecule has 1 aromatic rings. The summed E-state index contributed by atoms with van der Waals surface area (Å²) in [5.41, 5.74) is 5.60. The zero-order valence-electron chi connectivity index (χ0n) is 8.88. The summed E-state index contributed by atoms with van der Waals surface area (Å²) in [6.45, 7) is 1.50. The first-order chi connectivity index (χ1) is 7.41. The van der Waals surface area contributed by atoms with Gasteiger partial charge in [0.1, 0.15) is 5.82 Å². The lowest BCUT2D eigenvalue weighted by Gasteiger charge is -2.08. The average Bonchev–Trinajstić information content (AvgIpc) is 2.59. The molecular weight excluding hydrogens is 234 g/mol. The number of sulfonamides is 1. The minimum absolute atomic E-state index is 0.0756. The van der Waals surface area contributed by atoms with Crippen LogP contribution in [0.3, 0.4) is 0 Å². The Labute approximate surface area is 92.8 Å². The van der Waals surface area contributed by atoms with Crippen molar-refractivity contribution in [3.05, 3.63) is 11.8 Å². The van der Waals surface area contributed by atoms with Crippen LogP contribution in [0.4, 0.5) is 5.82 Å². The first-order valence-electron chi connectivity index (χ1n) is 4.41. The smallest absolute Gasteiger partial charge is 0.233 e. The molecular formula is C7H13N5O3S. The normalized spacial score (nSPS) is 12.8. The number of hydrogen-bond acceptors (Lipinski definition) is 5. The van der Waals surface area contributed by atoms with Gasteiger partial charge in [-0.2, -0.15) is 5.10 Å². The number of anilines is 1. The minimum Gasteiger partial charge on any atom is -0.409 e. The molecule has 0 radical (unpaired) electrons. The van der Waals surface area contributed by atoms with Crippen molar-refractivity contribution in [3.8, 4) is 0 Å². The molecule has 1 heterocycles. The number of nitrogens with one attached hydrogen (secondary N) is 1. The summed E-state index contributed by atoms with van der Waals surface area (Å²) < 4.78 is 26.4. The Morgan fingerprint density at radius 2 is 2.38 bits per heavy atom. The van der Waals surface area contributed by atoms with Crippen LogP contribution in [0.5, 0.6) is 0 Å². The predicted molar refractivity (Wildman–Crippen MR) is 58.8 cm³/mol. The molecule has 4 N–H and O–H groups in total. The standard InChI is InChI=1S/C7H13N5O3S/c1-3-16(14,15)11-7-5(6(8)10-13)4-9-12(7)2/h4,11,13H,3H2,1-2H3,(H2,8,10). The van der Waals surface area contributed by atoms with Crippen LogP contribution in [0.1, 0.15) is 12.5 Å². The molecule has 9 heteroatoms. The Bertz CT molecular complexity index is 504.